The molecule has 1 rings (SSSR count). The van der Waals surface area contributed by atoms with Crippen LogP contribution in [-0.4, -0.2) is 36.9 Å². The molecule has 0 saturated heterocycles. The molecular formula is C13H25N3. The average molecular weight is 223 g/mol. The molecule has 3 nitrogen and oxygen atoms in total. The Labute approximate surface area is 99.4 Å². The van der Waals surface area contributed by atoms with Crippen molar-refractivity contribution < 1.29 is 0 Å². The SMILES string of the molecule is CCCCCC/C=C/C1=NCCN1CCN. The molecule has 0 radical (unpaired) electrons. The van der Waals surface area contributed by atoms with Crippen LogP contribution >= 0.6 is 0 Å². The van der Waals surface area contributed by atoms with Crippen molar-refractivity contribution in [2.75, 3.05) is 26.2 Å². The van der Waals surface area contributed by atoms with Crippen molar-refractivity contribution in [1.29, 1.82) is 0 Å². The summed E-state index contributed by atoms with van der Waals surface area (Å²) in [6.07, 6.45) is 10.9. The smallest absolute Gasteiger partial charge is 0.123 e. The number of hydrogen-bond acceptors (Lipinski definition) is 3. The van der Waals surface area contributed by atoms with Crippen LogP contribution in [0.1, 0.15) is 39.0 Å². The molecule has 0 atom stereocenters. The molecule has 0 aliphatic carbocycles. The van der Waals surface area contributed by atoms with Gasteiger partial charge in [0.2, 0.25) is 0 Å². The highest BCUT2D eigenvalue weighted by molar-refractivity contribution is 5.94. The topological polar surface area (TPSA) is 41.6 Å². The maximum absolute atomic E-state index is 5.56. The number of aliphatic imine (C=N–C) groups is 1. The second-order valence-corrected chi connectivity index (χ2v) is 4.27. The normalized spacial score (nSPS) is 16.1. The summed E-state index contributed by atoms with van der Waals surface area (Å²) in [5.41, 5.74) is 5.56. The van der Waals surface area contributed by atoms with E-state index in [2.05, 4.69) is 29.0 Å². The van der Waals surface area contributed by atoms with Gasteiger partial charge >= 0.3 is 0 Å². The van der Waals surface area contributed by atoms with E-state index < -0.39 is 0 Å². The maximum Gasteiger partial charge on any atom is 0.123 e. The minimum atomic E-state index is 0.712. The van der Waals surface area contributed by atoms with Crippen LogP contribution in [0.15, 0.2) is 17.1 Å². The molecular weight excluding hydrogens is 198 g/mol. The molecule has 16 heavy (non-hydrogen) atoms. The molecule has 0 fully saturated rings. The standard InChI is InChI=1S/C13H25N3/c1-2-3-4-5-6-7-8-13-15-10-12-16(13)11-9-14/h7-8H,2-6,9-12,14H2,1H3/b8-7+. The van der Waals surface area contributed by atoms with Gasteiger partial charge in [0, 0.05) is 19.6 Å². The minimum absolute atomic E-state index is 0.712. The molecule has 0 aromatic carbocycles. The van der Waals surface area contributed by atoms with Crippen LogP contribution in [0.3, 0.4) is 0 Å². The summed E-state index contributed by atoms with van der Waals surface area (Å²) in [5.74, 6) is 1.13. The van der Waals surface area contributed by atoms with Gasteiger partial charge in [0.1, 0.15) is 5.84 Å². The van der Waals surface area contributed by atoms with Gasteiger partial charge in [-0.2, -0.15) is 0 Å². The maximum atomic E-state index is 5.56. The molecule has 0 saturated carbocycles. The number of hydrogen-bond donors (Lipinski definition) is 1. The van der Waals surface area contributed by atoms with Crippen LogP contribution in [0.5, 0.6) is 0 Å². The Morgan fingerprint density at radius 1 is 1.38 bits per heavy atom. The van der Waals surface area contributed by atoms with Crippen molar-refractivity contribution in [1.82, 2.24) is 4.90 Å². The van der Waals surface area contributed by atoms with Crippen molar-refractivity contribution in [2.45, 2.75) is 39.0 Å². The Bertz CT molecular complexity index is 233. The first-order valence-corrected chi connectivity index (χ1v) is 6.54. The van der Waals surface area contributed by atoms with Crippen molar-refractivity contribution in [2.24, 2.45) is 10.7 Å². The summed E-state index contributed by atoms with van der Waals surface area (Å²) in [6.45, 7) is 5.85. The molecule has 1 aliphatic rings. The van der Waals surface area contributed by atoms with E-state index in [0.717, 1.165) is 25.5 Å². The van der Waals surface area contributed by atoms with Gasteiger partial charge in [-0.15, -0.1) is 0 Å². The fraction of sp³-hybridized carbons (Fsp3) is 0.769. The Morgan fingerprint density at radius 3 is 3.00 bits per heavy atom. The number of nitrogens with two attached hydrogens (primary N) is 1. The molecule has 2 N–H and O–H groups in total. The van der Waals surface area contributed by atoms with Crippen LogP contribution < -0.4 is 5.73 Å². The van der Waals surface area contributed by atoms with Gasteiger partial charge in [0.15, 0.2) is 0 Å². The summed E-state index contributed by atoms with van der Waals surface area (Å²) in [5, 5.41) is 0. The van der Waals surface area contributed by atoms with Crippen molar-refractivity contribution >= 4 is 5.84 Å². The minimum Gasteiger partial charge on any atom is -0.354 e. The third-order valence-corrected chi connectivity index (χ3v) is 2.86. The van der Waals surface area contributed by atoms with E-state index in [1.165, 1.54) is 32.1 Å². The van der Waals surface area contributed by atoms with E-state index in [1.54, 1.807) is 0 Å². The molecule has 0 spiro atoms. The number of rotatable bonds is 8. The summed E-state index contributed by atoms with van der Waals surface area (Å²) < 4.78 is 0. The first-order chi connectivity index (χ1) is 7.88. The van der Waals surface area contributed by atoms with Crippen molar-refractivity contribution in [3.05, 3.63) is 12.2 Å². The fourth-order valence-electron chi connectivity index (χ4n) is 1.92. The zero-order valence-electron chi connectivity index (χ0n) is 10.5. The van der Waals surface area contributed by atoms with Crippen molar-refractivity contribution in [3.8, 4) is 0 Å². The van der Waals surface area contributed by atoms with E-state index in [4.69, 9.17) is 5.73 Å². The van der Waals surface area contributed by atoms with Gasteiger partial charge in [-0.1, -0.05) is 32.3 Å². The molecule has 0 aromatic rings. The van der Waals surface area contributed by atoms with Crippen molar-refractivity contribution in [3.63, 3.8) is 0 Å². The highest BCUT2D eigenvalue weighted by Gasteiger charge is 2.12. The first kappa shape index (κ1) is 13.2. The summed E-state index contributed by atoms with van der Waals surface area (Å²) in [7, 11) is 0. The molecule has 0 aromatic heterocycles. The van der Waals surface area contributed by atoms with Crippen LogP contribution in [0.4, 0.5) is 0 Å². The zero-order valence-corrected chi connectivity index (χ0v) is 10.5. The van der Waals surface area contributed by atoms with Crippen LogP contribution in [0.2, 0.25) is 0 Å². The number of allylic oxidation sites excluding steroid dienone is 1. The molecule has 92 valence electrons. The van der Waals surface area contributed by atoms with E-state index in [-0.39, 0.29) is 0 Å². The lowest BCUT2D eigenvalue weighted by Gasteiger charge is -2.16. The Hall–Kier alpha value is -0.830. The van der Waals surface area contributed by atoms with Gasteiger partial charge < -0.3 is 10.6 Å². The Balaban J connectivity index is 2.17. The van der Waals surface area contributed by atoms with E-state index in [0.29, 0.717) is 6.54 Å². The highest BCUT2D eigenvalue weighted by atomic mass is 15.2. The molecule has 0 unspecified atom stereocenters. The largest absolute Gasteiger partial charge is 0.354 e. The quantitative estimate of drug-likeness (QED) is 0.641. The van der Waals surface area contributed by atoms with E-state index in [9.17, 15) is 0 Å². The predicted molar refractivity (Wildman–Crippen MR) is 70.8 cm³/mol. The fourth-order valence-corrected chi connectivity index (χ4v) is 1.92. The molecule has 0 amide bonds. The Morgan fingerprint density at radius 2 is 2.25 bits per heavy atom. The van der Waals surface area contributed by atoms with Crippen LogP contribution in [0.25, 0.3) is 0 Å². The lowest BCUT2D eigenvalue weighted by Crippen LogP contribution is -2.31. The van der Waals surface area contributed by atoms with Gasteiger partial charge in [0.05, 0.1) is 6.54 Å². The lowest BCUT2D eigenvalue weighted by molar-refractivity contribution is 0.469. The van der Waals surface area contributed by atoms with Crippen LogP contribution in [-0.2, 0) is 0 Å². The van der Waals surface area contributed by atoms with Crippen LogP contribution in [0, 0.1) is 0 Å². The van der Waals surface area contributed by atoms with Gasteiger partial charge in [0.25, 0.3) is 0 Å². The molecule has 0 bridgehead atoms. The zero-order chi connectivity index (χ0) is 11.6. The second-order valence-electron chi connectivity index (χ2n) is 4.27. The summed E-state index contributed by atoms with van der Waals surface area (Å²) in [6, 6.07) is 0. The monoisotopic (exact) mass is 223 g/mol. The van der Waals surface area contributed by atoms with Gasteiger partial charge in [-0.3, -0.25) is 4.99 Å². The number of nitrogens with zero attached hydrogens (tertiary/aromatic N) is 2. The summed E-state index contributed by atoms with van der Waals surface area (Å²) in [4.78, 5) is 6.74. The average Bonchev–Trinajstić information content (AvgIpc) is 2.72. The summed E-state index contributed by atoms with van der Waals surface area (Å²) >= 11 is 0. The third-order valence-electron chi connectivity index (χ3n) is 2.86. The van der Waals surface area contributed by atoms with Gasteiger partial charge in [-0.25, -0.2) is 0 Å². The Kier molecular flexibility index (Phi) is 6.90. The predicted octanol–water partition coefficient (Wildman–Crippen LogP) is 2.19. The highest BCUT2D eigenvalue weighted by Crippen LogP contribution is 2.05. The molecule has 3 heteroatoms. The first-order valence-electron chi connectivity index (χ1n) is 6.54. The van der Waals surface area contributed by atoms with E-state index >= 15 is 0 Å². The number of unbranched alkanes of at least 4 members (excludes halogenated alkanes) is 4. The van der Waals surface area contributed by atoms with E-state index in [1.807, 2.05) is 0 Å². The lowest BCUT2D eigenvalue weighted by atomic mass is 10.1. The molecule has 1 aliphatic heterocycles. The second kappa shape index (κ2) is 8.34. The molecule has 1 heterocycles. The number of amidine groups is 1. The third kappa shape index (κ3) is 4.79. The van der Waals surface area contributed by atoms with Gasteiger partial charge in [-0.05, 0) is 18.9 Å².